The number of carbonyl (C=O) groups excluding carboxylic acids is 2. The first-order valence-corrected chi connectivity index (χ1v) is 12.0. The Morgan fingerprint density at radius 3 is 2.21 bits per heavy atom. The lowest BCUT2D eigenvalue weighted by Gasteiger charge is -2.30. The molecule has 2 N–H and O–H groups in total. The number of carbonyl (C=O) groups is 2. The van der Waals surface area contributed by atoms with E-state index in [1.165, 1.54) is 12.1 Å². The van der Waals surface area contributed by atoms with Crippen molar-refractivity contribution in [2.45, 2.75) is 58.0 Å². The number of hydrogen-bond donors (Lipinski definition) is 2. The van der Waals surface area contributed by atoms with Crippen LogP contribution in [-0.4, -0.2) is 27.7 Å². The number of ether oxygens (including phenoxy) is 1. The number of amides is 1. The van der Waals surface area contributed by atoms with Gasteiger partial charge in [-0.3, -0.25) is 9.59 Å². The summed E-state index contributed by atoms with van der Waals surface area (Å²) in [6.45, 7) is 5.47. The molecule has 0 bridgehead atoms. The molecule has 0 atom stereocenters. The molecule has 12 heteroatoms. The Kier molecular flexibility index (Phi) is 7.70. The molecule has 0 aliphatic heterocycles. The van der Waals surface area contributed by atoms with E-state index in [2.05, 4.69) is 20.8 Å². The highest BCUT2D eigenvalue weighted by Gasteiger charge is 2.31. The lowest BCUT2D eigenvalue weighted by atomic mass is 9.78. The number of anilines is 3. The topological polar surface area (TPSA) is 106 Å². The maximum Gasteiger partial charge on any atom is 0.320 e. The van der Waals surface area contributed by atoms with Crippen molar-refractivity contribution in [2.24, 2.45) is 5.92 Å². The number of nitrogens with zero attached hydrogens (tertiary/aromatic N) is 2. The van der Waals surface area contributed by atoms with E-state index in [9.17, 15) is 27.2 Å². The van der Waals surface area contributed by atoms with Gasteiger partial charge in [0.2, 0.25) is 0 Å². The van der Waals surface area contributed by atoms with Crippen molar-refractivity contribution in [3.8, 4) is 0 Å². The number of hydrogen-bond acceptors (Lipinski definition) is 7. The van der Waals surface area contributed by atoms with Crippen molar-refractivity contribution in [2.75, 3.05) is 10.6 Å². The molecule has 1 fully saturated rings. The highest BCUT2D eigenvalue weighted by molar-refractivity contribution is 6.01. The SMILES string of the molecule is CC(C)(C)OC(=O)[C@H]1CC[C@H](c2ccc(NC(=O)c3nnc(Nc4cc(F)c(F)cc4F)o3)c(F)c2)CC1. The van der Waals surface area contributed by atoms with Gasteiger partial charge in [-0.05, 0) is 70.1 Å². The average Bonchev–Trinajstić information content (AvgIpc) is 3.31. The minimum atomic E-state index is -1.37. The Hall–Kier alpha value is -3.96. The molecular weight excluding hydrogens is 508 g/mol. The Bertz CT molecular complexity index is 1350. The maximum absolute atomic E-state index is 14.8. The molecule has 1 aromatic heterocycles. The summed E-state index contributed by atoms with van der Waals surface area (Å²) in [7, 11) is 0. The fourth-order valence-electron chi connectivity index (χ4n) is 4.21. The molecule has 1 saturated carbocycles. The van der Waals surface area contributed by atoms with Crippen molar-refractivity contribution in [1.29, 1.82) is 0 Å². The summed E-state index contributed by atoms with van der Waals surface area (Å²) in [5.41, 5.74) is -0.404. The van der Waals surface area contributed by atoms with E-state index in [0.29, 0.717) is 37.8 Å². The van der Waals surface area contributed by atoms with Crippen LogP contribution in [0.1, 0.15) is 68.6 Å². The van der Waals surface area contributed by atoms with E-state index in [4.69, 9.17) is 9.15 Å². The van der Waals surface area contributed by atoms with E-state index < -0.39 is 52.4 Å². The molecule has 3 aromatic rings. The smallest absolute Gasteiger partial charge is 0.320 e. The van der Waals surface area contributed by atoms with Crippen LogP contribution in [0.3, 0.4) is 0 Å². The summed E-state index contributed by atoms with van der Waals surface area (Å²) < 4.78 is 65.6. The first kappa shape index (κ1) is 27.1. The van der Waals surface area contributed by atoms with Gasteiger partial charge in [0.25, 0.3) is 0 Å². The third kappa shape index (κ3) is 6.48. The molecule has 1 aliphatic carbocycles. The number of esters is 1. The molecule has 2 aromatic carbocycles. The fourth-order valence-corrected chi connectivity index (χ4v) is 4.21. The zero-order valence-electron chi connectivity index (χ0n) is 20.9. The van der Waals surface area contributed by atoms with Crippen LogP contribution in [0.2, 0.25) is 0 Å². The molecule has 38 heavy (non-hydrogen) atoms. The van der Waals surface area contributed by atoms with Gasteiger partial charge in [-0.1, -0.05) is 11.2 Å². The number of rotatable bonds is 6. The first-order valence-electron chi connectivity index (χ1n) is 12.0. The normalized spacial score (nSPS) is 17.7. The Morgan fingerprint density at radius 1 is 0.895 bits per heavy atom. The van der Waals surface area contributed by atoms with Crippen molar-refractivity contribution in [3.63, 3.8) is 0 Å². The minimum absolute atomic E-state index is 0.0641. The van der Waals surface area contributed by atoms with E-state index >= 15 is 0 Å². The highest BCUT2D eigenvalue weighted by atomic mass is 19.2. The second-order valence-corrected chi connectivity index (χ2v) is 10.1. The molecule has 8 nitrogen and oxygen atoms in total. The third-order valence-electron chi connectivity index (χ3n) is 6.05. The Balaban J connectivity index is 1.35. The van der Waals surface area contributed by atoms with E-state index in [1.54, 1.807) is 6.07 Å². The summed E-state index contributed by atoms with van der Waals surface area (Å²) in [6.07, 6.45) is 2.68. The summed E-state index contributed by atoms with van der Waals surface area (Å²) in [4.78, 5) is 24.8. The lowest BCUT2D eigenvalue weighted by molar-refractivity contribution is -0.161. The minimum Gasteiger partial charge on any atom is -0.460 e. The zero-order chi connectivity index (χ0) is 27.6. The summed E-state index contributed by atoms with van der Waals surface area (Å²) in [6, 6.07) is 4.87. The van der Waals surface area contributed by atoms with Crippen molar-refractivity contribution < 1.29 is 36.3 Å². The molecule has 1 heterocycles. The predicted octanol–water partition coefficient (Wildman–Crippen LogP) is 6.24. The molecule has 0 saturated heterocycles. The van der Waals surface area contributed by atoms with E-state index in [1.807, 2.05) is 20.8 Å². The van der Waals surface area contributed by atoms with Gasteiger partial charge in [0, 0.05) is 12.1 Å². The molecule has 1 aliphatic rings. The van der Waals surface area contributed by atoms with E-state index in [0.717, 1.165) is 5.56 Å². The molecule has 202 valence electrons. The summed E-state index contributed by atoms with van der Waals surface area (Å²) in [5, 5.41) is 11.6. The zero-order valence-corrected chi connectivity index (χ0v) is 20.9. The quantitative estimate of drug-likeness (QED) is 0.219. The Labute approximate surface area is 215 Å². The summed E-state index contributed by atoms with van der Waals surface area (Å²) in [5.74, 6) is -6.30. The van der Waals surface area contributed by atoms with Gasteiger partial charge >= 0.3 is 23.8 Å². The lowest BCUT2D eigenvalue weighted by Crippen LogP contribution is -2.30. The average molecular weight is 535 g/mol. The van der Waals surface area contributed by atoms with Crippen LogP contribution in [0.25, 0.3) is 0 Å². The number of halogens is 4. The monoisotopic (exact) mass is 534 g/mol. The van der Waals surface area contributed by atoms with Crippen LogP contribution >= 0.6 is 0 Å². The second-order valence-electron chi connectivity index (χ2n) is 10.1. The van der Waals surface area contributed by atoms with Crippen molar-refractivity contribution >= 4 is 29.3 Å². The Morgan fingerprint density at radius 2 is 1.55 bits per heavy atom. The number of aromatic nitrogens is 2. The molecular formula is C26H26F4N4O4. The summed E-state index contributed by atoms with van der Waals surface area (Å²) >= 11 is 0. The maximum atomic E-state index is 14.8. The molecule has 4 rings (SSSR count). The van der Waals surface area contributed by atoms with Gasteiger partial charge in [0.15, 0.2) is 11.6 Å². The largest absolute Gasteiger partial charge is 0.460 e. The third-order valence-corrected chi connectivity index (χ3v) is 6.05. The highest BCUT2D eigenvalue weighted by Crippen LogP contribution is 2.37. The molecule has 1 amide bonds. The van der Waals surface area contributed by atoms with Gasteiger partial charge in [0.05, 0.1) is 17.3 Å². The van der Waals surface area contributed by atoms with Crippen LogP contribution < -0.4 is 10.6 Å². The molecule has 0 unspecified atom stereocenters. The van der Waals surface area contributed by atoms with Crippen LogP contribution in [-0.2, 0) is 9.53 Å². The van der Waals surface area contributed by atoms with Crippen LogP contribution in [0, 0.1) is 29.2 Å². The second kappa shape index (κ2) is 10.8. The van der Waals surface area contributed by atoms with Gasteiger partial charge in [0.1, 0.15) is 17.2 Å². The van der Waals surface area contributed by atoms with Crippen LogP contribution in [0.15, 0.2) is 34.7 Å². The van der Waals surface area contributed by atoms with Crippen molar-refractivity contribution in [1.82, 2.24) is 10.2 Å². The van der Waals surface area contributed by atoms with Crippen LogP contribution in [0.5, 0.6) is 0 Å². The van der Waals surface area contributed by atoms with Crippen LogP contribution in [0.4, 0.5) is 35.0 Å². The van der Waals surface area contributed by atoms with Gasteiger partial charge in [-0.2, -0.15) is 0 Å². The fraction of sp³-hybridized carbons (Fsp3) is 0.385. The van der Waals surface area contributed by atoms with Crippen molar-refractivity contribution in [3.05, 3.63) is 65.1 Å². The van der Waals surface area contributed by atoms with Gasteiger partial charge < -0.3 is 19.8 Å². The van der Waals surface area contributed by atoms with E-state index in [-0.39, 0.29) is 23.5 Å². The molecule has 0 radical (unpaired) electrons. The predicted molar refractivity (Wildman–Crippen MR) is 129 cm³/mol. The number of benzene rings is 2. The number of nitrogens with one attached hydrogen (secondary N) is 2. The van der Waals surface area contributed by atoms with Gasteiger partial charge in [-0.25, -0.2) is 17.6 Å². The molecule has 0 spiro atoms. The standard InChI is InChI=1S/C26H26F4N4O4/c1-26(2,3)38-24(36)14-6-4-13(5-7-14)15-8-9-20(18(29)10-15)31-22(35)23-33-34-25(37-23)32-21-12-17(28)16(27)11-19(21)30/h8-14H,4-7H2,1-3H3,(H,31,35)(H,32,34)/t13-,14-. The van der Waals surface area contributed by atoms with Gasteiger partial charge in [-0.15, -0.1) is 5.10 Å². The first-order chi connectivity index (χ1) is 17.9.